The topological polar surface area (TPSA) is 63.7 Å². The van der Waals surface area contributed by atoms with Crippen LogP contribution < -0.4 is 19.7 Å². The van der Waals surface area contributed by atoms with Gasteiger partial charge in [0.05, 0.1) is 31.2 Å². The molecule has 6 nitrogen and oxygen atoms in total. The lowest BCUT2D eigenvalue weighted by atomic mass is 10.1. The summed E-state index contributed by atoms with van der Waals surface area (Å²) in [5.41, 5.74) is 3.92. The van der Waals surface area contributed by atoms with Crippen molar-refractivity contribution in [3.05, 3.63) is 77.6 Å². The highest BCUT2D eigenvalue weighted by Gasteiger charge is 2.39. The first-order valence-corrected chi connectivity index (χ1v) is 8.96. The van der Waals surface area contributed by atoms with Gasteiger partial charge in [-0.2, -0.15) is 0 Å². The molecule has 0 saturated heterocycles. The van der Waals surface area contributed by atoms with Crippen molar-refractivity contribution in [1.82, 2.24) is 4.98 Å². The van der Waals surface area contributed by atoms with Crippen LogP contribution in [0.15, 0.2) is 60.8 Å². The molecule has 1 atom stereocenters. The minimum Gasteiger partial charge on any atom is -0.497 e. The Balaban J connectivity index is 1.79. The summed E-state index contributed by atoms with van der Waals surface area (Å²) >= 11 is 0. The quantitative estimate of drug-likeness (QED) is 0.725. The number of pyridine rings is 1. The van der Waals surface area contributed by atoms with Crippen LogP contribution in [0.2, 0.25) is 0 Å². The number of carbonyl (C=O) groups excluding carboxylic acids is 1. The fraction of sp³-hybridized carbons (Fsp3) is 0.182. The molecule has 0 spiro atoms. The van der Waals surface area contributed by atoms with Crippen LogP contribution in [0.4, 0.5) is 11.4 Å². The summed E-state index contributed by atoms with van der Waals surface area (Å²) in [7, 11) is 3.24. The highest BCUT2D eigenvalue weighted by Crippen LogP contribution is 2.39. The molecular weight excluding hydrogens is 354 g/mol. The molecule has 142 valence electrons. The summed E-state index contributed by atoms with van der Waals surface area (Å²) in [6.45, 7) is 2.01. The smallest absolute Gasteiger partial charge is 0.262 e. The summed E-state index contributed by atoms with van der Waals surface area (Å²) in [6, 6.07) is 16.9. The Kier molecular flexibility index (Phi) is 4.61. The molecule has 1 amide bonds. The van der Waals surface area contributed by atoms with E-state index in [9.17, 15) is 4.79 Å². The first-order valence-electron chi connectivity index (χ1n) is 8.96. The number of rotatable bonds is 5. The summed E-state index contributed by atoms with van der Waals surface area (Å²) < 4.78 is 10.7. The number of anilines is 2. The number of nitrogens with one attached hydrogen (secondary N) is 1. The molecule has 2 aromatic carbocycles. The molecule has 0 bridgehead atoms. The van der Waals surface area contributed by atoms with Gasteiger partial charge in [-0.25, -0.2) is 0 Å². The summed E-state index contributed by atoms with van der Waals surface area (Å²) in [6.07, 6.45) is 1.25. The Labute approximate surface area is 163 Å². The van der Waals surface area contributed by atoms with Crippen molar-refractivity contribution in [3.63, 3.8) is 0 Å². The number of benzene rings is 2. The van der Waals surface area contributed by atoms with E-state index in [0.29, 0.717) is 17.0 Å². The number of aryl methyl sites for hydroxylation is 1. The van der Waals surface area contributed by atoms with Gasteiger partial charge in [-0.3, -0.25) is 14.7 Å². The molecule has 4 rings (SSSR count). The Hall–Kier alpha value is -3.54. The van der Waals surface area contributed by atoms with E-state index in [2.05, 4.69) is 10.3 Å². The van der Waals surface area contributed by atoms with Gasteiger partial charge in [0.1, 0.15) is 11.5 Å². The van der Waals surface area contributed by atoms with Gasteiger partial charge < -0.3 is 14.8 Å². The van der Waals surface area contributed by atoms with Crippen molar-refractivity contribution in [1.29, 1.82) is 0 Å². The number of hydrogen-bond acceptors (Lipinski definition) is 5. The molecule has 1 aliphatic heterocycles. The number of fused-ring (bicyclic) bond motifs is 1. The third kappa shape index (κ3) is 3.03. The van der Waals surface area contributed by atoms with Gasteiger partial charge in [0.25, 0.3) is 5.91 Å². The van der Waals surface area contributed by atoms with Gasteiger partial charge in [0.15, 0.2) is 6.17 Å². The second-order valence-corrected chi connectivity index (χ2v) is 6.56. The predicted octanol–water partition coefficient (Wildman–Crippen LogP) is 4.18. The van der Waals surface area contributed by atoms with Gasteiger partial charge in [0, 0.05) is 11.9 Å². The van der Waals surface area contributed by atoms with Crippen molar-refractivity contribution in [3.8, 4) is 11.5 Å². The second-order valence-electron chi connectivity index (χ2n) is 6.56. The summed E-state index contributed by atoms with van der Waals surface area (Å²) in [5.74, 6) is 1.34. The zero-order valence-corrected chi connectivity index (χ0v) is 16.0. The van der Waals surface area contributed by atoms with E-state index >= 15 is 0 Å². The molecular formula is C22H21N3O3. The predicted molar refractivity (Wildman–Crippen MR) is 108 cm³/mol. The van der Waals surface area contributed by atoms with E-state index < -0.39 is 6.17 Å². The van der Waals surface area contributed by atoms with E-state index in [1.165, 1.54) is 0 Å². The average Bonchev–Trinajstić information content (AvgIpc) is 3.00. The van der Waals surface area contributed by atoms with Crippen molar-refractivity contribution in [2.75, 3.05) is 24.4 Å². The number of hydrogen-bond donors (Lipinski definition) is 1. The highest BCUT2D eigenvalue weighted by atomic mass is 16.5. The average molecular weight is 375 g/mol. The van der Waals surface area contributed by atoms with Crippen LogP contribution in [0.5, 0.6) is 11.5 Å². The fourth-order valence-electron chi connectivity index (χ4n) is 3.41. The largest absolute Gasteiger partial charge is 0.497 e. The number of aromatic nitrogens is 1. The maximum Gasteiger partial charge on any atom is 0.262 e. The molecule has 0 fully saturated rings. The van der Waals surface area contributed by atoms with Crippen LogP contribution in [-0.4, -0.2) is 25.1 Å². The van der Waals surface area contributed by atoms with Crippen molar-refractivity contribution < 1.29 is 14.3 Å². The van der Waals surface area contributed by atoms with E-state index in [4.69, 9.17) is 9.47 Å². The standard InChI is InChI=1S/C22H21N3O3/c1-14-6-11-19(28-3)18(13-14)24-21-20-17(5-4-12-23-20)22(26)25(21)15-7-9-16(27-2)10-8-15/h4-13,21,24H,1-3H3. The normalized spacial score (nSPS) is 15.3. The van der Waals surface area contributed by atoms with Crippen LogP contribution in [-0.2, 0) is 0 Å². The van der Waals surface area contributed by atoms with Gasteiger partial charge >= 0.3 is 0 Å². The van der Waals surface area contributed by atoms with E-state index in [1.807, 2.05) is 49.4 Å². The zero-order chi connectivity index (χ0) is 19.7. The lowest BCUT2D eigenvalue weighted by Gasteiger charge is -2.27. The van der Waals surface area contributed by atoms with Crippen LogP contribution in [0.3, 0.4) is 0 Å². The van der Waals surface area contributed by atoms with E-state index in [0.717, 1.165) is 22.7 Å². The lowest BCUT2D eigenvalue weighted by molar-refractivity contribution is 0.0993. The third-order valence-corrected chi connectivity index (χ3v) is 4.80. The summed E-state index contributed by atoms with van der Waals surface area (Å²) in [5, 5.41) is 3.45. The summed E-state index contributed by atoms with van der Waals surface area (Å²) in [4.78, 5) is 19.3. The monoisotopic (exact) mass is 375 g/mol. The third-order valence-electron chi connectivity index (χ3n) is 4.80. The molecule has 1 unspecified atom stereocenters. The fourth-order valence-corrected chi connectivity index (χ4v) is 3.41. The van der Waals surface area contributed by atoms with Crippen molar-refractivity contribution in [2.45, 2.75) is 13.1 Å². The van der Waals surface area contributed by atoms with Gasteiger partial charge in [-0.15, -0.1) is 0 Å². The van der Waals surface area contributed by atoms with Crippen LogP contribution >= 0.6 is 0 Å². The molecule has 0 aliphatic carbocycles. The first kappa shape index (κ1) is 17.9. The maximum absolute atomic E-state index is 13.2. The molecule has 1 N–H and O–H groups in total. The maximum atomic E-state index is 13.2. The number of ether oxygens (including phenoxy) is 2. The minimum atomic E-state index is -0.451. The molecule has 1 aromatic heterocycles. The van der Waals surface area contributed by atoms with Crippen LogP contribution in [0, 0.1) is 6.92 Å². The molecule has 3 aromatic rings. The Bertz CT molecular complexity index is 1020. The Morgan fingerprint density at radius 3 is 2.54 bits per heavy atom. The first-order chi connectivity index (χ1) is 13.6. The SMILES string of the molecule is COc1ccc(N2C(=O)c3cccnc3C2Nc2cc(C)ccc2OC)cc1. The van der Waals surface area contributed by atoms with Crippen molar-refractivity contribution in [2.24, 2.45) is 0 Å². The van der Waals surface area contributed by atoms with E-state index in [-0.39, 0.29) is 5.91 Å². The number of methoxy groups -OCH3 is 2. The van der Waals surface area contributed by atoms with Gasteiger partial charge in [-0.1, -0.05) is 6.07 Å². The second kappa shape index (κ2) is 7.23. The number of carbonyl (C=O) groups is 1. The molecule has 1 aliphatic rings. The molecule has 0 radical (unpaired) electrons. The van der Waals surface area contributed by atoms with Crippen LogP contribution in [0.1, 0.15) is 27.8 Å². The lowest BCUT2D eigenvalue weighted by Crippen LogP contribution is -2.32. The number of nitrogens with zero attached hydrogens (tertiary/aromatic N) is 2. The Morgan fingerprint density at radius 1 is 1.04 bits per heavy atom. The molecule has 28 heavy (non-hydrogen) atoms. The minimum absolute atomic E-state index is 0.0996. The molecule has 0 saturated carbocycles. The highest BCUT2D eigenvalue weighted by molar-refractivity contribution is 6.11. The van der Waals surface area contributed by atoms with Crippen molar-refractivity contribution >= 4 is 17.3 Å². The number of amides is 1. The van der Waals surface area contributed by atoms with Gasteiger partial charge in [-0.05, 0) is 61.0 Å². The van der Waals surface area contributed by atoms with E-state index in [1.54, 1.807) is 37.4 Å². The zero-order valence-electron chi connectivity index (χ0n) is 16.0. The Morgan fingerprint density at radius 2 is 1.82 bits per heavy atom. The molecule has 2 heterocycles. The van der Waals surface area contributed by atoms with Gasteiger partial charge in [0.2, 0.25) is 0 Å². The van der Waals surface area contributed by atoms with Crippen LogP contribution in [0.25, 0.3) is 0 Å². The molecule has 6 heteroatoms.